The minimum Gasteiger partial charge on any atom is -0.480 e. The normalized spacial score (nSPS) is 8.92. The number of likely N-dealkylation sites (N-methyl/N-ethyl adjacent to an activating group) is 1. The molecule has 0 fully saturated rings. The van der Waals surface area contributed by atoms with E-state index in [1.165, 1.54) is 11.9 Å². The molecule has 0 aliphatic rings. The standard InChI is InChI=1S/C8H11NO4/c1-3-4-9(2)7(10)5-13-6-8(11)12/h1H,4-6H2,2H3,(H,11,12). The summed E-state index contributed by atoms with van der Waals surface area (Å²) in [5.41, 5.74) is 0. The highest BCUT2D eigenvalue weighted by Crippen LogP contribution is 1.85. The maximum Gasteiger partial charge on any atom is 0.329 e. The lowest BCUT2D eigenvalue weighted by Gasteiger charge is -2.12. The summed E-state index contributed by atoms with van der Waals surface area (Å²) in [5.74, 6) is 0.842. The molecule has 0 aliphatic heterocycles. The molecule has 0 saturated carbocycles. The van der Waals surface area contributed by atoms with Crippen molar-refractivity contribution in [3.63, 3.8) is 0 Å². The number of terminal acetylenes is 1. The van der Waals surface area contributed by atoms with Gasteiger partial charge in [0.25, 0.3) is 0 Å². The van der Waals surface area contributed by atoms with Gasteiger partial charge in [-0.05, 0) is 0 Å². The summed E-state index contributed by atoms with van der Waals surface area (Å²) >= 11 is 0. The molecule has 0 heterocycles. The first-order valence-corrected chi connectivity index (χ1v) is 3.55. The molecule has 0 bridgehead atoms. The highest BCUT2D eigenvalue weighted by molar-refractivity contribution is 5.77. The summed E-state index contributed by atoms with van der Waals surface area (Å²) in [7, 11) is 1.52. The fraction of sp³-hybridized carbons (Fsp3) is 0.500. The van der Waals surface area contributed by atoms with Gasteiger partial charge >= 0.3 is 5.97 Å². The van der Waals surface area contributed by atoms with Crippen molar-refractivity contribution in [1.82, 2.24) is 4.90 Å². The Kier molecular flexibility index (Phi) is 5.32. The lowest BCUT2D eigenvalue weighted by molar-refractivity contribution is -0.145. The van der Waals surface area contributed by atoms with Crippen molar-refractivity contribution >= 4 is 11.9 Å². The largest absolute Gasteiger partial charge is 0.480 e. The summed E-state index contributed by atoms with van der Waals surface area (Å²) in [6.07, 6.45) is 4.97. The van der Waals surface area contributed by atoms with Crippen LogP contribution >= 0.6 is 0 Å². The molecule has 5 heteroatoms. The Bertz CT molecular complexity index is 231. The molecule has 1 N–H and O–H groups in total. The van der Waals surface area contributed by atoms with Crippen LogP contribution < -0.4 is 0 Å². The summed E-state index contributed by atoms with van der Waals surface area (Å²) in [6, 6.07) is 0. The van der Waals surface area contributed by atoms with Crippen LogP contribution in [0.25, 0.3) is 0 Å². The van der Waals surface area contributed by atoms with Crippen molar-refractivity contribution in [3.8, 4) is 12.3 Å². The summed E-state index contributed by atoms with van der Waals surface area (Å²) < 4.78 is 4.56. The highest BCUT2D eigenvalue weighted by Gasteiger charge is 2.07. The van der Waals surface area contributed by atoms with E-state index < -0.39 is 12.6 Å². The Hall–Kier alpha value is -1.54. The van der Waals surface area contributed by atoms with Crippen LogP contribution in [0, 0.1) is 12.3 Å². The smallest absolute Gasteiger partial charge is 0.329 e. The molecule has 0 rings (SSSR count). The maximum absolute atomic E-state index is 11.0. The van der Waals surface area contributed by atoms with Gasteiger partial charge in [0.15, 0.2) is 0 Å². The van der Waals surface area contributed by atoms with Crippen LogP contribution in [0.4, 0.5) is 0 Å². The summed E-state index contributed by atoms with van der Waals surface area (Å²) in [4.78, 5) is 22.3. The third kappa shape index (κ3) is 5.70. The highest BCUT2D eigenvalue weighted by atomic mass is 16.5. The SMILES string of the molecule is C#CCN(C)C(=O)COCC(=O)O. The molecule has 0 saturated heterocycles. The molecular weight excluding hydrogens is 174 g/mol. The van der Waals surface area contributed by atoms with Gasteiger partial charge in [0.2, 0.25) is 5.91 Å². The van der Waals surface area contributed by atoms with Gasteiger partial charge in [-0.15, -0.1) is 6.42 Å². The van der Waals surface area contributed by atoms with Gasteiger partial charge in [-0.1, -0.05) is 5.92 Å². The van der Waals surface area contributed by atoms with E-state index in [1.807, 2.05) is 0 Å². The van der Waals surface area contributed by atoms with E-state index in [2.05, 4.69) is 10.7 Å². The second kappa shape index (κ2) is 6.03. The predicted molar refractivity (Wildman–Crippen MR) is 44.9 cm³/mol. The molecule has 0 radical (unpaired) electrons. The maximum atomic E-state index is 11.0. The number of carboxylic acid groups (broad SMARTS) is 1. The zero-order valence-electron chi connectivity index (χ0n) is 7.32. The van der Waals surface area contributed by atoms with Gasteiger partial charge in [0, 0.05) is 7.05 Å². The average Bonchev–Trinajstić information content (AvgIpc) is 2.04. The van der Waals surface area contributed by atoms with E-state index in [1.54, 1.807) is 0 Å². The predicted octanol–water partition coefficient (Wildman–Crippen LogP) is -0.821. The van der Waals surface area contributed by atoms with Gasteiger partial charge in [-0.2, -0.15) is 0 Å². The quantitative estimate of drug-likeness (QED) is 0.568. The lowest BCUT2D eigenvalue weighted by Crippen LogP contribution is -2.31. The van der Waals surface area contributed by atoms with E-state index in [-0.39, 0.29) is 19.1 Å². The van der Waals surface area contributed by atoms with Crippen LogP contribution in [0.3, 0.4) is 0 Å². The van der Waals surface area contributed by atoms with E-state index in [0.29, 0.717) is 0 Å². The van der Waals surface area contributed by atoms with Crippen LogP contribution in [-0.4, -0.2) is 48.7 Å². The number of ether oxygens (including phenoxy) is 1. The molecule has 0 unspecified atom stereocenters. The van der Waals surface area contributed by atoms with Gasteiger partial charge in [0.05, 0.1) is 6.54 Å². The zero-order valence-corrected chi connectivity index (χ0v) is 7.32. The first-order valence-electron chi connectivity index (χ1n) is 3.55. The number of hydrogen-bond donors (Lipinski definition) is 1. The number of aliphatic carboxylic acids is 1. The first-order chi connectivity index (χ1) is 6.07. The Labute approximate surface area is 76.3 Å². The van der Waals surface area contributed by atoms with Gasteiger partial charge in [-0.3, -0.25) is 4.79 Å². The summed E-state index contributed by atoms with van der Waals surface area (Å²) in [5, 5.41) is 8.19. The molecule has 5 nitrogen and oxygen atoms in total. The molecule has 0 aromatic rings. The monoisotopic (exact) mass is 185 g/mol. The third-order valence-electron chi connectivity index (χ3n) is 1.21. The van der Waals surface area contributed by atoms with Crippen LogP contribution in [0.5, 0.6) is 0 Å². The number of rotatable bonds is 5. The second-order valence-electron chi connectivity index (χ2n) is 2.34. The molecule has 1 amide bonds. The molecule has 0 aromatic heterocycles. The van der Waals surface area contributed by atoms with Gasteiger partial charge < -0.3 is 14.7 Å². The summed E-state index contributed by atoms with van der Waals surface area (Å²) in [6.45, 7) is -0.546. The third-order valence-corrected chi connectivity index (χ3v) is 1.21. The fourth-order valence-corrected chi connectivity index (χ4v) is 0.561. The first kappa shape index (κ1) is 11.5. The Morgan fingerprint density at radius 3 is 2.62 bits per heavy atom. The van der Waals surface area contributed by atoms with Crippen molar-refractivity contribution in [1.29, 1.82) is 0 Å². The van der Waals surface area contributed by atoms with E-state index >= 15 is 0 Å². The minimum absolute atomic E-state index is 0.190. The number of carbonyl (C=O) groups excluding carboxylic acids is 1. The van der Waals surface area contributed by atoms with Gasteiger partial charge in [0.1, 0.15) is 13.2 Å². The topological polar surface area (TPSA) is 66.8 Å². The van der Waals surface area contributed by atoms with Crippen LogP contribution in [-0.2, 0) is 14.3 Å². The minimum atomic E-state index is -1.10. The van der Waals surface area contributed by atoms with Crippen molar-refractivity contribution in [2.45, 2.75) is 0 Å². The van der Waals surface area contributed by atoms with Crippen molar-refractivity contribution in [3.05, 3.63) is 0 Å². The molecule has 0 aliphatic carbocycles. The number of carbonyl (C=O) groups is 2. The Morgan fingerprint density at radius 2 is 2.15 bits per heavy atom. The average molecular weight is 185 g/mol. The molecule has 72 valence electrons. The molecule has 0 atom stereocenters. The molecular formula is C8H11NO4. The van der Waals surface area contributed by atoms with Crippen LogP contribution in [0.2, 0.25) is 0 Å². The zero-order chi connectivity index (χ0) is 10.3. The Balaban J connectivity index is 3.63. The fourth-order valence-electron chi connectivity index (χ4n) is 0.561. The number of carboxylic acids is 1. The Morgan fingerprint density at radius 1 is 1.54 bits per heavy atom. The molecule has 13 heavy (non-hydrogen) atoms. The number of hydrogen-bond acceptors (Lipinski definition) is 3. The van der Waals surface area contributed by atoms with Crippen LogP contribution in [0.1, 0.15) is 0 Å². The lowest BCUT2D eigenvalue weighted by atomic mass is 10.5. The second-order valence-corrected chi connectivity index (χ2v) is 2.34. The number of nitrogens with zero attached hydrogens (tertiary/aromatic N) is 1. The van der Waals surface area contributed by atoms with E-state index in [9.17, 15) is 9.59 Å². The number of amides is 1. The molecule has 0 aromatic carbocycles. The van der Waals surface area contributed by atoms with Crippen molar-refractivity contribution in [2.24, 2.45) is 0 Å². The van der Waals surface area contributed by atoms with Crippen LogP contribution in [0.15, 0.2) is 0 Å². The molecule has 0 spiro atoms. The van der Waals surface area contributed by atoms with E-state index in [0.717, 1.165) is 0 Å². The van der Waals surface area contributed by atoms with E-state index in [4.69, 9.17) is 11.5 Å². The van der Waals surface area contributed by atoms with Crippen molar-refractivity contribution in [2.75, 3.05) is 26.8 Å². The van der Waals surface area contributed by atoms with Crippen molar-refractivity contribution < 1.29 is 19.4 Å². The van der Waals surface area contributed by atoms with Gasteiger partial charge in [-0.25, -0.2) is 4.79 Å².